The van der Waals surface area contributed by atoms with E-state index < -0.39 is 27.5 Å². The number of ether oxygens (including phenoxy) is 1. The fourth-order valence-electron chi connectivity index (χ4n) is 2.52. The Morgan fingerprint density at radius 3 is 2.62 bits per heavy atom. The molecule has 0 spiro atoms. The van der Waals surface area contributed by atoms with Crippen molar-refractivity contribution in [1.82, 2.24) is 4.98 Å². The molecule has 0 fully saturated rings. The Kier molecular flexibility index (Phi) is 4.92. The fourth-order valence-corrected chi connectivity index (χ4v) is 4.43. The maximum absolute atomic E-state index is 13.0. The number of hydrogen-bond acceptors (Lipinski definition) is 7. The smallest absolute Gasteiger partial charge is 0.341 e. The molecule has 0 aliphatic rings. The number of halogens is 1. The molecular weight excluding hydrogens is 379 g/mol. The molecule has 0 amide bonds. The molecule has 3 rings (SSSR count). The average Bonchev–Trinajstić information content (AvgIpc) is 3.07. The van der Waals surface area contributed by atoms with Crippen molar-refractivity contribution in [1.29, 1.82) is 0 Å². The molecule has 1 aromatic carbocycles. The minimum atomic E-state index is -3.73. The molecule has 6 nitrogen and oxygen atoms in total. The van der Waals surface area contributed by atoms with E-state index in [1.807, 2.05) is 0 Å². The monoisotopic (exact) mass is 394 g/mol. The summed E-state index contributed by atoms with van der Waals surface area (Å²) in [5, 5.41) is 4.64. The van der Waals surface area contributed by atoms with Crippen LogP contribution in [0.25, 0.3) is 10.2 Å². The van der Waals surface area contributed by atoms with Gasteiger partial charge in [0.05, 0.1) is 33.6 Å². The topological polar surface area (TPSA) is 85.4 Å². The van der Waals surface area contributed by atoms with Crippen LogP contribution in [-0.2, 0) is 14.6 Å². The first kappa shape index (κ1) is 18.3. The van der Waals surface area contributed by atoms with Crippen molar-refractivity contribution in [2.24, 2.45) is 0 Å². The largest absolute Gasteiger partial charge is 0.465 e. The number of methoxy groups -OCH3 is 1. The summed E-state index contributed by atoms with van der Waals surface area (Å²) >= 11 is 1.34. The number of fused-ring (bicyclic) bond motifs is 1. The van der Waals surface area contributed by atoms with Crippen molar-refractivity contribution in [2.45, 2.75) is 11.8 Å². The molecule has 0 unspecified atom stereocenters. The first-order chi connectivity index (χ1) is 12.3. The number of aryl methyl sites for hydroxylation is 1. The van der Waals surface area contributed by atoms with Crippen LogP contribution in [0.3, 0.4) is 0 Å². The molecule has 0 saturated heterocycles. The van der Waals surface area contributed by atoms with Gasteiger partial charge >= 0.3 is 5.97 Å². The zero-order valence-electron chi connectivity index (χ0n) is 13.9. The number of benzene rings is 1. The van der Waals surface area contributed by atoms with Crippen molar-refractivity contribution in [3.63, 3.8) is 0 Å². The second-order valence-electron chi connectivity index (χ2n) is 5.46. The van der Waals surface area contributed by atoms with Crippen LogP contribution in [0.4, 0.5) is 10.1 Å². The molecule has 2 heterocycles. The quantitative estimate of drug-likeness (QED) is 0.527. The van der Waals surface area contributed by atoms with E-state index in [9.17, 15) is 17.6 Å². The average molecular weight is 394 g/mol. The highest BCUT2D eigenvalue weighted by atomic mass is 32.2. The highest BCUT2D eigenvalue weighted by Gasteiger charge is 2.23. The van der Waals surface area contributed by atoms with Crippen LogP contribution in [0.5, 0.6) is 0 Å². The molecule has 0 radical (unpaired) electrons. The molecule has 3 aromatic rings. The van der Waals surface area contributed by atoms with Gasteiger partial charge in [0.15, 0.2) is 9.84 Å². The molecule has 0 bridgehead atoms. The third-order valence-corrected chi connectivity index (χ3v) is 6.21. The summed E-state index contributed by atoms with van der Waals surface area (Å²) in [4.78, 5) is 16.5. The molecule has 0 saturated carbocycles. The van der Waals surface area contributed by atoms with E-state index in [0.29, 0.717) is 21.6 Å². The Hall–Kier alpha value is -2.52. The number of rotatable bonds is 5. The second kappa shape index (κ2) is 7.00. The van der Waals surface area contributed by atoms with E-state index in [4.69, 9.17) is 4.74 Å². The van der Waals surface area contributed by atoms with Gasteiger partial charge in [0.2, 0.25) is 0 Å². The van der Waals surface area contributed by atoms with Crippen LogP contribution >= 0.6 is 11.3 Å². The molecular formula is C17H15FN2O4S2. The van der Waals surface area contributed by atoms with E-state index in [1.165, 1.54) is 30.6 Å². The molecule has 9 heteroatoms. The number of carbonyl (C=O) groups excluding carboxylic acids is 1. The Labute approximate surface area is 153 Å². The van der Waals surface area contributed by atoms with E-state index in [1.54, 1.807) is 18.4 Å². The number of carbonyl (C=O) groups is 1. The molecule has 0 atom stereocenters. The first-order valence-corrected chi connectivity index (χ1v) is 10.0. The highest BCUT2D eigenvalue weighted by Crippen LogP contribution is 2.33. The van der Waals surface area contributed by atoms with Gasteiger partial charge in [0, 0.05) is 0 Å². The van der Waals surface area contributed by atoms with E-state index >= 15 is 0 Å². The lowest BCUT2D eigenvalue weighted by Crippen LogP contribution is -2.18. The predicted octanol–water partition coefficient (Wildman–Crippen LogP) is 3.37. The molecule has 0 aliphatic carbocycles. The van der Waals surface area contributed by atoms with Gasteiger partial charge < -0.3 is 10.1 Å². The number of hydrogen-bond donors (Lipinski definition) is 1. The van der Waals surface area contributed by atoms with Gasteiger partial charge in [-0.3, -0.25) is 4.98 Å². The van der Waals surface area contributed by atoms with E-state index in [-0.39, 0.29) is 10.5 Å². The molecule has 26 heavy (non-hydrogen) atoms. The maximum atomic E-state index is 13.0. The van der Waals surface area contributed by atoms with Crippen molar-refractivity contribution < 1.29 is 22.3 Å². The number of nitrogens with zero attached hydrogens (tertiary/aromatic N) is 1. The molecule has 136 valence electrons. The van der Waals surface area contributed by atoms with Gasteiger partial charge in [0.1, 0.15) is 17.3 Å². The lowest BCUT2D eigenvalue weighted by atomic mass is 10.1. The van der Waals surface area contributed by atoms with Gasteiger partial charge in [-0.15, -0.1) is 11.3 Å². The number of pyridine rings is 1. The van der Waals surface area contributed by atoms with Crippen LogP contribution in [0.2, 0.25) is 0 Å². The van der Waals surface area contributed by atoms with Crippen LogP contribution in [0.1, 0.15) is 16.1 Å². The lowest BCUT2D eigenvalue weighted by molar-refractivity contribution is 0.0600. The Morgan fingerprint density at radius 1 is 1.27 bits per heavy atom. The third-order valence-electron chi connectivity index (χ3n) is 3.77. The minimum absolute atomic E-state index is 0.0146. The predicted molar refractivity (Wildman–Crippen MR) is 97.8 cm³/mol. The first-order valence-electron chi connectivity index (χ1n) is 7.52. The normalized spacial score (nSPS) is 11.5. The number of aromatic nitrogens is 1. The van der Waals surface area contributed by atoms with Crippen molar-refractivity contribution >= 4 is 43.0 Å². The Balaban J connectivity index is 2.01. The van der Waals surface area contributed by atoms with Crippen LogP contribution in [0, 0.1) is 12.7 Å². The zero-order valence-corrected chi connectivity index (χ0v) is 15.6. The number of thiophene rings is 1. The lowest BCUT2D eigenvalue weighted by Gasteiger charge is -2.14. The van der Waals surface area contributed by atoms with Crippen molar-refractivity contribution in [3.8, 4) is 0 Å². The molecule has 1 N–H and O–H groups in total. The standard InChI is InChI=1S/C17H15FN2O4S2/c1-10-14(17(21)24-2)15(16-13(20-10)7-8-25-16)19-9-26(22,23)12-5-3-11(18)4-6-12/h3-8H,9H2,1-2H3,(H,19,20). The van der Waals surface area contributed by atoms with Gasteiger partial charge in [0.25, 0.3) is 0 Å². The number of esters is 1. The van der Waals surface area contributed by atoms with Gasteiger partial charge in [-0.05, 0) is 42.6 Å². The number of nitrogens with one attached hydrogen (secondary N) is 1. The summed E-state index contributed by atoms with van der Waals surface area (Å²) in [7, 11) is -2.49. The molecule has 0 aliphatic heterocycles. The van der Waals surface area contributed by atoms with Gasteiger partial charge in [-0.1, -0.05) is 0 Å². The van der Waals surface area contributed by atoms with E-state index in [0.717, 1.165) is 12.1 Å². The highest BCUT2D eigenvalue weighted by molar-refractivity contribution is 7.91. The fraction of sp³-hybridized carbons (Fsp3) is 0.176. The molecule has 2 aromatic heterocycles. The van der Waals surface area contributed by atoms with Crippen LogP contribution in [-0.4, -0.2) is 32.4 Å². The minimum Gasteiger partial charge on any atom is -0.465 e. The summed E-state index contributed by atoms with van der Waals surface area (Å²) in [5.41, 5.74) is 1.64. The summed E-state index contributed by atoms with van der Waals surface area (Å²) in [5.74, 6) is -1.58. The number of anilines is 1. The summed E-state index contributed by atoms with van der Waals surface area (Å²) in [6, 6.07) is 6.35. The second-order valence-corrected chi connectivity index (χ2v) is 8.37. The maximum Gasteiger partial charge on any atom is 0.341 e. The zero-order chi connectivity index (χ0) is 18.9. The Bertz CT molecular complexity index is 1080. The number of sulfone groups is 1. The van der Waals surface area contributed by atoms with Gasteiger partial charge in [-0.25, -0.2) is 17.6 Å². The van der Waals surface area contributed by atoms with Crippen molar-refractivity contribution in [3.05, 3.63) is 52.8 Å². The van der Waals surface area contributed by atoms with E-state index in [2.05, 4.69) is 10.3 Å². The summed E-state index contributed by atoms with van der Waals surface area (Å²) in [6.45, 7) is 1.66. The summed E-state index contributed by atoms with van der Waals surface area (Å²) in [6.07, 6.45) is 0. The summed E-state index contributed by atoms with van der Waals surface area (Å²) < 4.78 is 43.5. The van der Waals surface area contributed by atoms with Crippen molar-refractivity contribution in [2.75, 3.05) is 18.3 Å². The SMILES string of the molecule is COC(=O)c1c(C)nc2ccsc2c1NCS(=O)(=O)c1ccc(F)cc1. The van der Waals surface area contributed by atoms with Crippen LogP contribution < -0.4 is 5.32 Å². The van der Waals surface area contributed by atoms with Crippen LogP contribution in [0.15, 0.2) is 40.6 Å². The third kappa shape index (κ3) is 3.40. The Morgan fingerprint density at radius 2 is 1.96 bits per heavy atom. The van der Waals surface area contributed by atoms with Gasteiger partial charge in [-0.2, -0.15) is 0 Å².